The first-order chi connectivity index (χ1) is 18.5. The summed E-state index contributed by atoms with van der Waals surface area (Å²) in [5, 5.41) is 11.9. The Labute approximate surface area is 225 Å². The molecule has 0 unspecified atom stereocenters. The van der Waals surface area contributed by atoms with E-state index in [1.807, 2.05) is 38.1 Å². The molecular weight excluding hydrogens is 514 g/mol. The van der Waals surface area contributed by atoms with E-state index >= 15 is 0 Å². The molecular formula is C27H34F2N4O6. The van der Waals surface area contributed by atoms with Gasteiger partial charge in [0.15, 0.2) is 0 Å². The molecule has 0 aliphatic carbocycles. The first kappa shape index (κ1) is 29.9. The van der Waals surface area contributed by atoms with E-state index in [-0.39, 0.29) is 50.3 Å². The molecule has 1 aromatic carbocycles. The number of likely N-dealkylation sites (tertiary alicyclic amines) is 1. The van der Waals surface area contributed by atoms with Crippen LogP contribution in [-0.2, 0) is 24.5 Å². The number of carboxylic acids is 1. The van der Waals surface area contributed by atoms with Gasteiger partial charge in [-0.1, -0.05) is 38.1 Å². The van der Waals surface area contributed by atoms with Gasteiger partial charge in [0.2, 0.25) is 17.7 Å². The lowest BCUT2D eigenvalue weighted by Crippen LogP contribution is -2.66. The maximum atomic E-state index is 13.9. The average molecular weight is 549 g/mol. The number of aliphatic carboxylic acids is 1. The maximum Gasteiger partial charge on any atom is 0.388 e. The number of pyridine rings is 1. The molecule has 212 valence electrons. The summed E-state index contributed by atoms with van der Waals surface area (Å²) < 4.78 is 35.6. The van der Waals surface area contributed by atoms with E-state index in [4.69, 9.17) is 4.74 Å². The molecule has 0 saturated carbocycles. The Morgan fingerprint density at radius 2 is 1.87 bits per heavy atom. The van der Waals surface area contributed by atoms with Gasteiger partial charge in [0, 0.05) is 32.4 Å². The highest BCUT2D eigenvalue weighted by Gasteiger charge is 2.52. The number of alkyl halides is 2. The lowest BCUT2D eigenvalue weighted by molar-refractivity contribution is -0.146. The van der Waals surface area contributed by atoms with Gasteiger partial charge in [-0.25, -0.2) is 4.98 Å². The summed E-state index contributed by atoms with van der Waals surface area (Å²) in [5.74, 6) is -2.31. The van der Waals surface area contributed by atoms with E-state index < -0.39 is 36.4 Å². The van der Waals surface area contributed by atoms with Crippen molar-refractivity contribution in [2.45, 2.75) is 38.7 Å². The van der Waals surface area contributed by atoms with Crippen molar-refractivity contribution in [3.63, 3.8) is 0 Å². The van der Waals surface area contributed by atoms with Crippen molar-refractivity contribution in [2.75, 3.05) is 51.8 Å². The number of nitrogens with one attached hydrogen (secondary N) is 1. The molecule has 2 amide bonds. The number of anilines is 1. The summed E-state index contributed by atoms with van der Waals surface area (Å²) in [5.41, 5.74) is 1.06. The zero-order valence-corrected chi connectivity index (χ0v) is 22.4. The lowest BCUT2D eigenvalue weighted by atomic mass is 9.69. The van der Waals surface area contributed by atoms with E-state index in [0.29, 0.717) is 5.69 Å². The second-order valence-corrected chi connectivity index (χ2v) is 9.81. The number of carbonyl (C=O) groups is 3. The van der Waals surface area contributed by atoms with E-state index in [1.165, 1.54) is 18.1 Å². The molecule has 0 radical (unpaired) electrons. The first-order valence-corrected chi connectivity index (χ1v) is 12.5. The minimum absolute atomic E-state index is 0.00836. The van der Waals surface area contributed by atoms with Gasteiger partial charge in [0.1, 0.15) is 12.2 Å². The number of methoxy groups -OCH3 is 1. The summed E-state index contributed by atoms with van der Waals surface area (Å²) in [7, 11) is 1.46. The SMILES string of the molecule is COCCN(CC(=O)O)C(=O)CN1CC(C(=O)Nc2ccc(C)nc2OC(F)F)(c2ccccc2C(C)C)C1. The van der Waals surface area contributed by atoms with Gasteiger partial charge in [0.25, 0.3) is 0 Å². The van der Waals surface area contributed by atoms with Crippen molar-refractivity contribution in [3.8, 4) is 5.88 Å². The molecule has 0 bridgehead atoms. The number of carbonyl (C=O) groups excluding carboxylic acids is 2. The number of amides is 2. The zero-order chi connectivity index (χ0) is 28.7. The molecule has 2 heterocycles. The Bertz CT molecular complexity index is 1190. The Balaban J connectivity index is 1.89. The van der Waals surface area contributed by atoms with Crippen LogP contribution in [0.25, 0.3) is 0 Å². The van der Waals surface area contributed by atoms with E-state index in [2.05, 4.69) is 15.0 Å². The molecule has 0 spiro atoms. The maximum absolute atomic E-state index is 13.9. The van der Waals surface area contributed by atoms with Gasteiger partial charge in [-0.05, 0) is 36.1 Å². The van der Waals surface area contributed by atoms with Gasteiger partial charge in [-0.2, -0.15) is 8.78 Å². The number of carboxylic acid groups (broad SMARTS) is 1. The third-order valence-corrected chi connectivity index (χ3v) is 6.57. The van der Waals surface area contributed by atoms with Gasteiger partial charge < -0.3 is 24.8 Å². The number of aromatic nitrogens is 1. The highest BCUT2D eigenvalue weighted by molar-refractivity contribution is 6.01. The van der Waals surface area contributed by atoms with Crippen LogP contribution in [0.15, 0.2) is 36.4 Å². The van der Waals surface area contributed by atoms with Crippen molar-refractivity contribution in [2.24, 2.45) is 0 Å². The van der Waals surface area contributed by atoms with Crippen LogP contribution < -0.4 is 10.1 Å². The Morgan fingerprint density at radius 1 is 1.18 bits per heavy atom. The van der Waals surface area contributed by atoms with Crippen LogP contribution in [0, 0.1) is 6.92 Å². The third-order valence-electron chi connectivity index (χ3n) is 6.57. The standard InChI is InChI=1S/C27H34F2N4O6/c1-17(2)19-7-5-6-8-20(19)27(25(37)31-21-10-9-18(3)30-24(21)39-26(28)29)15-32(16-27)13-22(34)33(11-12-38-4)14-23(35)36/h5-10,17,26H,11-16H2,1-4H3,(H,31,37)(H,35,36). The number of rotatable bonds is 13. The molecule has 3 rings (SSSR count). The lowest BCUT2D eigenvalue weighted by Gasteiger charge is -2.50. The number of halogens is 2. The topological polar surface area (TPSA) is 121 Å². The van der Waals surface area contributed by atoms with Crippen molar-refractivity contribution in [1.82, 2.24) is 14.8 Å². The number of benzene rings is 1. The van der Waals surface area contributed by atoms with Crippen LogP contribution in [0.1, 0.15) is 36.6 Å². The number of nitrogens with zero attached hydrogens (tertiary/aromatic N) is 3. The van der Waals surface area contributed by atoms with Crippen LogP contribution >= 0.6 is 0 Å². The Kier molecular flexibility index (Phi) is 9.92. The van der Waals surface area contributed by atoms with Crippen molar-refractivity contribution < 1.29 is 37.7 Å². The molecule has 2 N–H and O–H groups in total. The van der Waals surface area contributed by atoms with Gasteiger partial charge in [0.05, 0.1) is 18.6 Å². The largest absolute Gasteiger partial charge is 0.480 e. The summed E-state index contributed by atoms with van der Waals surface area (Å²) in [4.78, 5) is 45.0. The highest BCUT2D eigenvalue weighted by atomic mass is 19.3. The predicted octanol–water partition coefficient (Wildman–Crippen LogP) is 2.87. The molecule has 1 aromatic heterocycles. The summed E-state index contributed by atoms with van der Waals surface area (Å²) >= 11 is 0. The summed E-state index contributed by atoms with van der Waals surface area (Å²) in [6.07, 6.45) is 0. The fraction of sp³-hybridized carbons (Fsp3) is 0.481. The third kappa shape index (κ3) is 7.27. The van der Waals surface area contributed by atoms with Gasteiger partial charge in [-0.15, -0.1) is 0 Å². The molecule has 1 aliphatic rings. The second-order valence-electron chi connectivity index (χ2n) is 9.81. The van der Waals surface area contributed by atoms with Crippen LogP contribution in [0.5, 0.6) is 5.88 Å². The quantitative estimate of drug-likeness (QED) is 0.392. The molecule has 12 heteroatoms. The molecule has 39 heavy (non-hydrogen) atoms. The fourth-order valence-corrected chi connectivity index (χ4v) is 4.69. The highest BCUT2D eigenvalue weighted by Crippen LogP contribution is 2.40. The number of ether oxygens (including phenoxy) is 2. The van der Waals surface area contributed by atoms with Crippen LogP contribution in [0.2, 0.25) is 0 Å². The number of hydrogen-bond donors (Lipinski definition) is 2. The van der Waals surface area contributed by atoms with Gasteiger partial charge in [-0.3, -0.25) is 19.3 Å². The number of hydrogen-bond acceptors (Lipinski definition) is 7. The molecule has 1 fully saturated rings. The monoisotopic (exact) mass is 548 g/mol. The summed E-state index contributed by atoms with van der Waals surface area (Å²) in [6.45, 7) is 2.55. The molecule has 10 nitrogen and oxygen atoms in total. The van der Waals surface area contributed by atoms with E-state index in [1.54, 1.807) is 17.9 Å². The molecule has 0 atom stereocenters. The Morgan fingerprint density at radius 3 is 2.49 bits per heavy atom. The van der Waals surface area contributed by atoms with E-state index in [9.17, 15) is 28.3 Å². The van der Waals surface area contributed by atoms with Crippen molar-refractivity contribution >= 4 is 23.5 Å². The molecule has 2 aromatic rings. The molecule has 1 saturated heterocycles. The minimum Gasteiger partial charge on any atom is -0.480 e. The zero-order valence-electron chi connectivity index (χ0n) is 22.4. The van der Waals surface area contributed by atoms with Gasteiger partial charge >= 0.3 is 12.6 Å². The van der Waals surface area contributed by atoms with Crippen molar-refractivity contribution in [1.29, 1.82) is 0 Å². The van der Waals surface area contributed by atoms with Crippen LogP contribution in [0.4, 0.5) is 14.5 Å². The summed E-state index contributed by atoms with van der Waals surface area (Å²) in [6, 6.07) is 10.5. The minimum atomic E-state index is -3.12. The first-order valence-electron chi connectivity index (χ1n) is 12.5. The molecule has 1 aliphatic heterocycles. The van der Waals surface area contributed by atoms with Crippen LogP contribution in [0.3, 0.4) is 0 Å². The van der Waals surface area contributed by atoms with Crippen molar-refractivity contribution in [3.05, 3.63) is 53.2 Å². The predicted molar refractivity (Wildman–Crippen MR) is 139 cm³/mol. The van der Waals surface area contributed by atoms with E-state index in [0.717, 1.165) is 11.1 Å². The second kappa shape index (κ2) is 12.9. The Hall–Kier alpha value is -3.64. The average Bonchev–Trinajstić information content (AvgIpc) is 2.84. The number of aryl methyl sites for hydroxylation is 1. The fourth-order valence-electron chi connectivity index (χ4n) is 4.69. The van der Waals surface area contributed by atoms with Crippen LogP contribution in [-0.4, -0.2) is 90.7 Å². The smallest absolute Gasteiger partial charge is 0.388 e. The normalized spacial score (nSPS) is 14.7.